The Morgan fingerprint density at radius 1 is 1.10 bits per heavy atom. The molecule has 29 heavy (non-hydrogen) atoms. The number of aliphatic carboxylic acids is 1. The van der Waals surface area contributed by atoms with Gasteiger partial charge < -0.3 is 14.7 Å². The van der Waals surface area contributed by atoms with Gasteiger partial charge in [-0.2, -0.15) is 0 Å². The summed E-state index contributed by atoms with van der Waals surface area (Å²) in [5, 5.41) is 10.3. The second kappa shape index (κ2) is 8.09. The number of carbonyl (C=O) groups is 2. The van der Waals surface area contributed by atoms with Crippen LogP contribution in [-0.2, 0) is 14.3 Å². The molecule has 7 heteroatoms. The minimum absolute atomic E-state index is 0.173. The molecule has 2 atom stereocenters. The summed E-state index contributed by atoms with van der Waals surface area (Å²) in [6.07, 6.45) is 2.34. The van der Waals surface area contributed by atoms with Gasteiger partial charge in [0.25, 0.3) is 5.91 Å². The van der Waals surface area contributed by atoms with Gasteiger partial charge in [0.2, 0.25) is 0 Å². The lowest BCUT2D eigenvalue weighted by Crippen LogP contribution is -2.45. The van der Waals surface area contributed by atoms with Crippen LogP contribution in [0.4, 0.5) is 0 Å². The molecular formula is C22H19Cl2NO4. The highest BCUT2D eigenvalue weighted by Gasteiger charge is 2.44. The van der Waals surface area contributed by atoms with Crippen LogP contribution in [0.1, 0.15) is 36.1 Å². The van der Waals surface area contributed by atoms with Gasteiger partial charge in [0.05, 0.1) is 12.1 Å². The van der Waals surface area contributed by atoms with Crippen LogP contribution < -0.4 is 0 Å². The van der Waals surface area contributed by atoms with Gasteiger partial charge >= 0.3 is 5.97 Å². The lowest BCUT2D eigenvalue weighted by molar-refractivity contribution is -0.149. The predicted octanol–water partition coefficient (Wildman–Crippen LogP) is 5.01. The van der Waals surface area contributed by atoms with E-state index in [4.69, 9.17) is 27.9 Å². The molecule has 0 spiro atoms. The first-order chi connectivity index (χ1) is 13.9. The Morgan fingerprint density at radius 2 is 1.83 bits per heavy atom. The molecule has 0 radical (unpaired) electrons. The summed E-state index contributed by atoms with van der Waals surface area (Å²) in [6.45, 7) is 0.545. The van der Waals surface area contributed by atoms with Crippen LogP contribution in [0.3, 0.4) is 0 Å². The maximum absolute atomic E-state index is 13.1. The fourth-order valence-corrected chi connectivity index (χ4v) is 3.94. The predicted molar refractivity (Wildman–Crippen MR) is 110 cm³/mol. The summed E-state index contributed by atoms with van der Waals surface area (Å²) in [5.41, 5.74) is 1.63. The van der Waals surface area contributed by atoms with E-state index >= 15 is 0 Å². The Bertz CT molecular complexity index is 969. The molecule has 1 amide bonds. The molecule has 1 unspecified atom stereocenters. The van der Waals surface area contributed by atoms with Crippen LogP contribution in [0.5, 0.6) is 0 Å². The fraction of sp³-hybridized carbons (Fsp3) is 0.273. The third-order valence-corrected chi connectivity index (χ3v) is 5.63. The Labute approximate surface area is 178 Å². The van der Waals surface area contributed by atoms with Crippen LogP contribution in [0.15, 0.2) is 60.4 Å². The van der Waals surface area contributed by atoms with Crippen molar-refractivity contribution in [1.29, 1.82) is 0 Å². The molecule has 1 heterocycles. The lowest BCUT2D eigenvalue weighted by Gasteiger charge is -2.42. The fourth-order valence-electron chi connectivity index (χ4n) is 3.61. The first kappa shape index (κ1) is 19.8. The maximum atomic E-state index is 13.1. The van der Waals surface area contributed by atoms with E-state index < -0.39 is 24.0 Å². The quantitative estimate of drug-likeness (QED) is 0.675. The number of carboxylic acid groups (broad SMARTS) is 1. The summed E-state index contributed by atoms with van der Waals surface area (Å²) < 4.78 is 5.98. The zero-order valence-corrected chi connectivity index (χ0v) is 16.9. The zero-order valence-electron chi connectivity index (χ0n) is 15.4. The van der Waals surface area contributed by atoms with Crippen LogP contribution in [-0.4, -0.2) is 28.4 Å². The number of hydrogen-bond acceptors (Lipinski definition) is 3. The van der Waals surface area contributed by atoms with Gasteiger partial charge in [-0.15, -0.1) is 0 Å². The van der Waals surface area contributed by atoms with Gasteiger partial charge in [0, 0.05) is 16.6 Å². The minimum Gasteiger partial charge on any atom is -0.478 e. The first-order valence-corrected chi connectivity index (χ1v) is 10.1. The maximum Gasteiger partial charge on any atom is 0.332 e. The summed E-state index contributed by atoms with van der Waals surface area (Å²) in [7, 11) is 0. The van der Waals surface area contributed by atoms with E-state index in [1.807, 2.05) is 24.3 Å². The van der Waals surface area contributed by atoms with Gasteiger partial charge in [0.15, 0.2) is 5.76 Å². The van der Waals surface area contributed by atoms with E-state index in [9.17, 15) is 14.7 Å². The van der Waals surface area contributed by atoms with Gasteiger partial charge in [-0.05, 0) is 54.2 Å². The van der Waals surface area contributed by atoms with E-state index in [1.54, 1.807) is 29.2 Å². The smallest absolute Gasteiger partial charge is 0.332 e. The Kier molecular flexibility index (Phi) is 5.52. The highest BCUT2D eigenvalue weighted by Crippen LogP contribution is 2.45. The van der Waals surface area contributed by atoms with Crippen molar-refractivity contribution in [2.75, 3.05) is 6.54 Å². The summed E-state index contributed by atoms with van der Waals surface area (Å²) in [4.78, 5) is 26.1. The van der Waals surface area contributed by atoms with Crippen molar-refractivity contribution < 1.29 is 19.4 Å². The molecule has 2 fully saturated rings. The number of nitrogens with zero attached hydrogens (tertiary/aromatic N) is 1. The lowest BCUT2D eigenvalue weighted by atomic mass is 9.92. The molecule has 1 saturated heterocycles. The van der Waals surface area contributed by atoms with Crippen LogP contribution in [0, 0.1) is 5.92 Å². The molecular weight excluding hydrogens is 413 g/mol. The highest BCUT2D eigenvalue weighted by atomic mass is 35.5. The van der Waals surface area contributed by atoms with Gasteiger partial charge in [-0.25, -0.2) is 4.79 Å². The molecule has 0 aromatic heterocycles. The molecule has 4 rings (SSSR count). The summed E-state index contributed by atoms with van der Waals surface area (Å²) in [5.74, 6) is -1.40. The molecule has 2 aromatic carbocycles. The molecule has 1 aliphatic heterocycles. The highest BCUT2D eigenvalue weighted by molar-refractivity contribution is 6.30. The van der Waals surface area contributed by atoms with E-state index in [0.717, 1.165) is 30.0 Å². The largest absolute Gasteiger partial charge is 0.478 e. The van der Waals surface area contributed by atoms with Gasteiger partial charge in [-0.3, -0.25) is 4.79 Å². The molecule has 150 valence electrons. The SMILES string of the molecule is O=C(O)/C=C1\OC(c2cccc(Cl)c2)[C@@H](c2ccc(Cl)cc2)N(CC2CC2)C1=O. The number of morpholine rings is 1. The Hall–Kier alpha value is -2.50. The van der Waals surface area contributed by atoms with E-state index in [1.165, 1.54) is 0 Å². The van der Waals surface area contributed by atoms with Crippen molar-refractivity contribution in [3.8, 4) is 0 Å². The van der Waals surface area contributed by atoms with Gasteiger partial charge in [0.1, 0.15) is 6.10 Å². The molecule has 2 aromatic rings. The van der Waals surface area contributed by atoms with Crippen molar-refractivity contribution in [3.63, 3.8) is 0 Å². The molecule has 1 aliphatic carbocycles. The molecule has 1 N–H and O–H groups in total. The van der Waals surface area contributed by atoms with Crippen LogP contribution >= 0.6 is 23.2 Å². The van der Waals surface area contributed by atoms with Crippen molar-refractivity contribution in [2.45, 2.75) is 25.0 Å². The number of carbonyl (C=O) groups excluding carboxylic acids is 1. The Balaban J connectivity index is 1.83. The van der Waals surface area contributed by atoms with Crippen LogP contribution in [0.25, 0.3) is 0 Å². The van der Waals surface area contributed by atoms with Crippen molar-refractivity contribution in [3.05, 3.63) is 81.5 Å². The number of hydrogen-bond donors (Lipinski definition) is 1. The Morgan fingerprint density at radius 3 is 2.45 bits per heavy atom. The molecule has 2 aliphatic rings. The number of benzene rings is 2. The second-order valence-corrected chi connectivity index (χ2v) is 8.21. The van der Waals surface area contributed by atoms with E-state index in [2.05, 4.69) is 0 Å². The number of carboxylic acids is 1. The number of ether oxygens (including phenoxy) is 1. The number of amides is 1. The molecule has 0 bridgehead atoms. The van der Waals surface area contributed by atoms with E-state index in [-0.39, 0.29) is 5.76 Å². The first-order valence-electron chi connectivity index (χ1n) is 9.35. The summed E-state index contributed by atoms with van der Waals surface area (Å²) in [6, 6.07) is 14.1. The monoisotopic (exact) mass is 431 g/mol. The summed E-state index contributed by atoms with van der Waals surface area (Å²) >= 11 is 12.3. The number of rotatable bonds is 5. The number of halogens is 2. The minimum atomic E-state index is -1.23. The third kappa shape index (κ3) is 4.41. The normalized spacial score (nSPS) is 23.2. The van der Waals surface area contributed by atoms with Crippen molar-refractivity contribution in [1.82, 2.24) is 4.90 Å². The van der Waals surface area contributed by atoms with Crippen molar-refractivity contribution >= 4 is 35.1 Å². The average molecular weight is 432 g/mol. The third-order valence-electron chi connectivity index (χ3n) is 5.14. The topological polar surface area (TPSA) is 66.8 Å². The van der Waals surface area contributed by atoms with Crippen molar-refractivity contribution in [2.24, 2.45) is 5.92 Å². The average Bonchev–Trinajstić information content (AvgIpc) is 3.49. The second-order valence-electron chi connectivity index (χ2n) is 7.34. The standard InChI is InChI=1S/C22H19Cl2NO4/c23-16-8-6-14(7-9-16)20-21(15-2-1-3-17(24)10-15)29-18(11-19(26)27)22(28)25(20)12-13-4-5-13/h1-3,6-11,13,20-21H,4-5,12H2,(H,26,27)/b18-11-/t20-,21?/m1/s1. The van der Waals surface area contributed by atoms with E-state index in [0.29, 0.717) is 22.5 Å². The molecule has 1 saturated carbocycles. The van der Waals surface area contributed by atoms with Crippen LogP contribution in [0.2, 0.25) is 10.0 Å². The molecule has 5 nitrogen and oxygen atoms in total. The van der Waals surface area contributed by atoms with Gasteiger partial charge in [-0.1, -0.05) is 47.5 Å². The zero-order chi connectivity index (χ0) is 20.5.